The molecule has 1 heterocycles. The summed E-state index contributed by atoms with van der Waals surface area (Å²) in [5.41, 5.74) is 9.75. The molecule has 0 saturated carbocycles. The summed E-state index contributed by atoms with van der Waals surface area (Å²) < 4.78 is 17.2. The van der Waals surface area contributed by atoms with Gasteiger partial charge in [0.1, 0.15) is 13.3 Å². The second kappa shape index (κ2) is 9.76. The molecule has 3 rings (SSSR count). The summed E-state index contributed by atoms with van der Waals surface area (Å²) in [4.78, 5) is 28.7. The van der Waals surface area contributed by atoms with E-state index in [1.807, 2.05) is 13.0 Å². The van der Waals surface area contributed by atoms with Crippen molar-refractivity contribution >= 4 is 17.6 Å². The summed E-state index contributed by atoms with van der Waals surface area (Å²) in [6.07, 6.45) is 3.18. The number of hydrogen-bond donors (Lipinski definition) is 2. The number of carbonyl (C=O) groups is 2. The third-order valence-electron chi connectivity index (χ3n) is 4.46. The molecule has 0 fully saturated rings. The van der Waals surface area contributed by atoms with Gasteiger partial charge in [0.2, 0.25) is 0 Å². The third kappa shape index (κ3) is 5.07. The lowest BCUT2D eigenvalue weighted by molar-refractivity contribution is 0.0481. The summed E-state index contributed by atoms with van der Waals surface area (Å²) in [6, 6.07) is 15.1. The van der Waals surface area contributed by atoms with Crippen molar-refractivity contribution in [2.24, 2.45) is 5.73 Å². The highest BCUT2D eigenvalue weighted by Gasteiger charge is 2.16. The average molecular weight is 407 g/mol. The van der Waals surface area contributed by atoms with Crippen LogP contribution in [0.3, 0.4) is 0 Å². The lowest BCUT2D eigenvalue weighted by Crippen LogP contribution is -2.14. The van der Waals surface area contributed by atoms with E-state index in [0.29, 0.717) is 22.4 Å². The van der Waals surface area contributed by atoms with E-state index in [-0.39, 0.29) is 18.6 Å². The Morgan fingerprint density at radius 2 is 1.87 bits per heavy atom. The highest BCUT2D eigenvalue weighted by atomic mass is 19.1. The van der Waals surface area contributed by atoms with E-state index in [2.05, 4.69) is 10.3 Å². The van der Waals surface area contributed by atoms with E-state index in [1.165, 1.54) is 0 Å². The maximum atomic E-state index is 12.7. The second-order valence-electron chi connectivity index (χ2n) is 6.69. The van der Waals surface area contributed by atoms with Gasteiger partial charge in [-0.25, -0.2) is 9.18 Å². The highest BCUT2D eigenvalue weighted by molar-refractivity contribution is 6.05. The zero-order valence-electron chi connectivity index (χ0n) is 16.5. The van der Waals surface area contributed by atoms with E-state index < -0.39 is 12.6 Å². The summed E-state index contributed by atoms with van der Waals surface area (Å²) >= 11 is 0. The zero-order valence-corrected chi connectivity index (χ0v) is 16.5. The lowest BCUT2D eigenvalue weighted by Gasteiger charge is -2.16. The lowest BCUT2D eigenvalue weighted by atomic mass is 9.92. The Balaban J connectivity index is 1.96. The number of aromatic nitrogens is 1. The van der Waals surface area contributed by atoms with Crippen molar-refractivity contribution in [2.75, 3.05) is 18.6 Å². The summed E-state index contributed by atoms with van der Waals surface area (Å²) in [6.45, 7) is 0.808. The first kappa shape index (κ1) is 21.1. The maximum Gasteiger partial charge on any atom is 0.338 e. The highest BCUT2D eigenvalue weighted by Crippen LogP contribution is 2.30. The number of carbonyl (C=O) groups excluding carboxylic acids is 2. The Kier molecular flexibility index (Phi) is 6.87. The monoisotopic (exact) mass is 407 g/mol. The molecule has 1 atom stereocenters. The van der Waals surface area contributed by atoms with Gasteiger partial charge in [0.25, 0.3) is 5.91 Å². The van der Waals surface area contributed by atoms with Crippen molar-refractivity contribution in [3.63, 3.8) is 0 Å². The van der Waals surface area contributed by atoms with Gasteiger partial charge >= 0.3 is 5.97 Å². The van der Waals surface area contributed by atoms with Crippen LogP contribution in [-0.4, -0.2) is 30.1 Å². The predicted octanol–water partition coefficient (Wildman–Crippen LogP) is 4.15. The minimum absolute atomic E-state index is 0.280. The number of halogens is 1. The van der Waals surface area contributed by atoms with Gasteiger partial charge in [-0.1, -0.05) is 18.2 Å². The molecule has 6 nitrogen and oxygen atoms in total. The molecule has 0 aliphatic carbocycles. The first-order valence-electron chi connectivity index (χ1n) is 9.44. The van der Waals surface area contributed by atoms with Gasteiger partial charge in [-0.3, -0.25) is 9.78 Å². The molecular formula is C23H22FN3O3. The minimum atomic E-state index is -0.741. The Bertz CT molecular complexity index is 1040. The molecule has 0 aliphatic heterocycles. The molecule has 2 aromatic carbocycles. The van der Waals surface area contributed by atoms with Crippen molar-refractivity contribution in [3.8, 4) is 11.1 Å². The molecule has 1 unspecified atom stereocenters. The number of pyridine rings is 1. The van der Waals surface area contributed by atoms with E-state index in [1.54, 1.807) is 60.9 Å². The number of ether oxygens (including phenoxy) is 1. The maximum absolute atomic E-state index is 12.7. The molecular weight excluding hydrogens is 385 g/mol. The van der Waals surface area contributed by atoms with Crippen LogP contribution in [0.2, 0.25) is 0 Å². The summed E-state index contributed by atoms with van der Waals surface area (Å²) in [5, 5.41) is 2.82. The number of alkyl halides is 1. The average Bonchev–Trinajstić information content (AvgIpc) is 2.77. The number of benzene rings is 2. The molecule has 0 bridgehead atoms. The smallest absolute Gasteiger partial charge is 0.338 e. The quantitative estimate of drug-likeness (QED) is 0.574. The van der Waals surface area contributed by atoms with Gasteiger partial charge in [-0.2, -0.15) is 0 Å². The van der Waals surface area contributed by atoms with Crippen LogP contribution in [0.25, 0.3) is 11.1 Å². The molecule has 0 saturated heterocycles. The van der Waals surface area contributed by atoms with E-state index in [0.717, 1.165) is 11.1 Å². The van der Waals surface area contributed by atoms with Gasteiger partial charge in [0.05, 0.1) is 5.56 Å². The number of nitrogens with one attached hydrogen (secondary N) is 1. The van der Waals surface area contributed by atoms with E-state index >= 15 is 0 Å². The molecule has 154 valence electrons. The Hall–Kier alpha value is -3.58. The molecule has 7 heteroatoms. The number of amides is 1. The first-order chi connectivity index (χ1) is 14.5. The molecule has 30 heavy (non-hydrogen) atoms. The van der Waals surface area contributed by atoms with Crippen LogP contribution >= 0.6 is 0 Å². The van der Waals surface area contributed by atoms with Gasteiger partial charge in [-0.05, 0) is 60.0 Å². The number of nitrogens with two attached hydrogens (primary N) is 1. The van der Waals surface area contributed by atoms with Gasteiger partial charge in [-0.15, -0.1) is 0 Å². The Labute approximate surface area is 173 Å². The van der Waals surface area contributed by atoms with E-state index in [4.69, 9.17) is 10.5 Å². The fraction of sp³-hybridized carbons (Fsp3) is 0.174. The molecule has 0 spiro atoms. The molecule has 0 aliphatic rings. The minimum Gasteiger partial charge on any atom is -0.459 e. The van der Waals surface area contributed by atoms with Crippen LogP contribution in [0.4, 0.5) is 10.1 Å². The van der Waals surface area contributed by atoms with Crippen molar-refractivity contribution < 1.29 is 18.7 Å². The molecule has 3 aromatic rings. The van der Waals surface area contributed by atoms with Crippen molar-refractivity contribution in [2.45, 2.75) is 13.0 Å². The molecule has 0 radical (unpaired) electrons. The van der Waals surface area contributed by atoms with Crippen LogP contribution < -0.4 is 11.1 Å². The predicted molar refractivity (Wildman–Crippen MR) is 113 cm³/mol. The third-order valence-corrected chi connectivity index (χ3v) is 4.46. The van der Waals surface area contributed by atoms with Crippen LogP contribution in [0, 0.1) is 0 Å². The number of hydrogen-bond acceptors (Lipinski definition) is 5. The number of esters is 1. The standard InChI is InChI=1S/C23H22FN3O3/c1-15(25)20-6-5-17(22(28)27-19-7-10-26-11-8-19)14-21(20)16-3-2-4-18(13-16)23(29)30-12-9-24/h2-8,10-11,13-15H,9,12,25H2,1H3,(H,26,27,28). The fourth-order valence-electron chi connectivity index (χ4n) is 3.01. The van der Waals surface area contributed by atoms with Crippen molar-refractivity contribution in [1.82, 2.24) is 4.98 Å². The second-order valence-corrected chi connectivity index (χ2v) is 6.69. The topological polar surface area (TPSA) is 94.3 Å². The van der Waals surface area contributed by atoms with Crippen LogP contribution in [0.15, 0.2) is 67.0 Å². The van der Waals surface area contributed by atoms with Crippen LogP contribution in [0.1, 0.15) is 39.2 Å². The Morgan fingerprint density at radius 1 is 1.10 bits per heavy atom. The summed E-state index contributed by atoms with van der Waals surface area (Å²) in [5.74, 6) is -0.888. The molecule has 1 aromatic heterocycles. The fourth-order valence-corrected chi connectivity index (χ4v) is 3.01. The first-order valence-corrected chi connectivity index (χ1v) is 9.44. The zero-order chi connectivity index (χ0) is 21.5. The van der Waals surface area contributed by atoms with Crippen LogP contribution in [0.5, 0.6) is 0 Å². The summed E-state index contributed by atoms with van der Waals surface area (Å²) in [7, 11) is 0. The van der Waals surface area contributed by atoms with E-state index in [9.17, 15) is 14.0 Å². The SMILES string of the molecule is CC(N)c1ccc(C(=O)Nc2ccncc2)cc1-c1cccc(C(=O)OCCF)c1. The normalized spacial score (nSPS) is 11.6. The van der Waals surface area contributed by atoms with Gasteiger partial charge in [0.15, 0.2) is 0 Å². The molecule has 1 amide bonds. The number of rotatable bonds is 7. The van der Waals surface area contributed by atoms with Gasteiger partial charge in [0, 0.05) is 29.7 Å². The van der Waals surface area contributed by atoms with Crippen molar-refractivity contribution in [1.29, 1.82) is 0 Å². The van der Waals surface area contributed by atoms with Gasteiger partial charge < -0.3 is 15.8 Å². The van der Waals surface area contributed by atoms with Crippen molar-refractivity contribution in [3.05, 3.63) is 83.7 Å². The van der Waals surface area contributed by atoms with Crippen LogP contribution in [-0.2, 0) is 4.74 Å². The Morgan fingerprint density at radius 3 is 2.57 bits per heavy atom. The largest absolute Gasteiger partial charge is 0.459 e. The number of nitrogens with zero attached hydrogens (tertiary/aromatic N) is 1. The number of anilines is 1. The molecule has 3 N–H and O–H groups in total.